The zero-order valence-corrected chi connectivity index (χ0v) is 12.9. The molecule has 2 rings (SSSR count). The van der Waals surface area contributed by atoms with E-state index < -0.39 is 0 Å². The molecule has 0 saturated heterocycles. The van der Waals surface area contributed by atoms with Gasteiger partial charge in [0.25, 0.3) is 0 Å². The number of hydrogen-bond acceptors (Lipinski definition) is 1. The summed E-state index contributed by atoms with van der Waals surface area (Å²) in [5.41, 5.74) is 4.04. The van der Waals surface area contributed by atoms with Crippen molar-refractivity contribution in [2.24, 2.45) is 0 Å². The maximum absolute atomic E-state index is 13.8. The number of benzene rings is 2. The van der Waals surface area contributed by atoms with Crippen LogP contribution in [0, 0.1) is 19.7 Å². The van der Waals surface area contributed by atoms with Gasteiger partial charge in [-0.15, -0.1) is 0 Å². The maximum atomic E-state index is 13.8. The largest absolute Gasteiger partial charge is 0.377 e. The third kappa shape index (κ3) is 3.16. The average Bonchev–Trinajstić information content (AvgIpc) is 2.34. The summed E-state index contributed by atoms with van der Waals surface area (Å²) in [6.07, 6.45) is 0. The standard InChI is InChI=1S/C16H17BrFN/c1-10-8-11(2)16(14(17)9-10)19-12(3)13-6-4-5-7-15(13)18/h4-9,12,19H,1-3H3. The van der Waals surface area contributed by atoms with Crippen LogP contribution in [0.2, 0.25) is 0 Å². The minimum Gasteiger partial charge on any atom is -0.377 e. The van der Waals surface area contributed by atoms with Crippen LogP contribution in [0.1, 0.15) is 29.7 Å². The van der Waals surface area contributed by atoms with E-state index in [2.05, 4.69) is 40.3 Å². The Bertz CT molecular complexity index is 572. The first-order valence-corrected chi connectivity index (χ1v) is 7.06. The van der Waals surface area contributed by atoms with Gasteiger partial charge >= 0.3 is 0 Å². The van der Waals surface area contributed by atoms with Gasteiger partial charge in [0.05, 0.1) is 11.7 Å². The van der Waals surface area contributed by atoms with E-state index in [4.69, 9.17) is 0 Å². The van der Waals surface area contributed by atoms with Crippen LogP contribution in [0.5, 0.6) is 0 Å². The lowest BCUT2D eigenvalue weighted by Crippen LogP contribution is -2.10. The highest BCUT2D eigenvalue weighted by molar-refractivity contribution is 9.10. The molecule has 0 heterocycles. The molecule has 2 aromatic carbocycles. The van der Waals surface area contributed by atoms with E-state index in [1.807, 2.05) is 26.0 Å². The highest BCUT2D eigenvalue weighted by atomic mass is 79.9. The zero-order valence-electron chi connectivity index (χ0n) is 11.3. The van der Waals surface area contributed by atoms with Crippen molar-refractivity contribution in [2.75, 3.05) is 5.32 Å². The van der Waals surface area contributed by atoms with Gasteiger partial charge in [-0.25, -0.2) is 4.39 Å². The van der Waals surface area contributed by atoms with E-state index in [1.54, 1.807) is 6.07 Å². The molecule has 1 nitrogen and oxygen atoms in total. The molecule has 0 aliphatic rings. The van der Waals surface area contributed by atoms with E-state index in [1.165, 1.54) is 11.6 Å². The molecular weight excluding hydrogens is 305 g/mol. The van der Waals surface area contributed by atoms with Crippen LogP contribution in [-0.4, -0.2) is 0 Å². The van der Waals surface area contributed by atoms with E-state index in [9.17, 15) is 4.39 Å². The maximum Gasteiger partial charge on any atom is 0.128 e. The molecule has 0 amide bonds. The van der Waals surface area contributed by atoms with E-state index in [-0.39, 0.29) is 11.9 Å². The van der Waals surface area contributed by atoms with Crippen molar-refractivity contribution in [3.8, 4) is 0 Å². The molecule has 2 aromatic rings. The van der Waals surface area contributed by atoms with Crippen molar-refractivity contribution in [1.29, 1.82) is 0 Å². The van der Waals surface area contributed by atoms with Gasteiger partial charge < -0.3 is 5.32 Å². The lowest BCUT2D eigenvalue weighted by atomic mass is 10.1. The predicted molar refractivity (Wildman–Crippen MR) is 82.1 cm³/mol. The van der Waals surface area contributed by atoms with E-state index in [0.717, 1.165) is 15.7 Å². The second-order valence-electron chi connectivity index (χ2n) is 4.83. The van der Waals surface area contributed by atoms with Gasteiger partial charge in [0.15, 0.2) is 0 Å². The molecule has 0 aromatic heterocycles. The van der Waals surface area contributed by atoms with Crippen LogP contribution in [0.3, 0.4) is 0 Å². The Kier molecular flexibility index (Phi) is 4.25. The number of aryl methyl sites for hydroxylation is 2. The van der Waals surface area contributed by atoms with Gasteiger partial charge in [-0.3, -0.25) is 0 Å². The van der Waals surface area contributed by atoms with Gasteiger partial charge in [-0.1, -0.05) is 24.3 Å². The quantitative estimate of drug-likeness (QED) is 0.800. The lowest BCUT2D eigenvalue weighted by Gasteiger charge is -2.19. The molecule has 100 valence electrons. The zero-order chi connectivity index (χ0) is 14.0. The van der Waals surface area contributed by atoms with Crippen molar-refractivity contribution in [2.45, 2.75) is 26.8 Å². The predicted octanol–water partition coefficient (Wildman–Crippen LogP) is 5.38. The van der Waals surface area contributed by atoms with Crippen LogP contribution < -0.4 is 5.32 Å². The molecular formula is C16H17BrFN. The molecule has 0 bridgehead atoms. The van der Waals surface area contributed by atoms with Gasteiger partial charge in [-0.2, -0.15) is 0 Å². The van der Waals surface area contributed by atoms with Crippen molar-refractivity contribution < 1.29 is 4.39 Å². The van der Waals surface area contributed by atoms with E-state index >= 15 is 0 Å². The van der Waals surface area contributed by atoms with Gasteiger partial charge in [-0.05, 0) is 60.0 Å². The second-order valence-corrected chi connectivity index (χ2v) is 5.68. The summed E-state index contributed by atoms with van der Waals surface area (Å²) >= 11 is 3.56. The van der Waals surface area contributed by atoms with Crippen LogP contribution in [0.4, 0.5) is 10.1 Å². The van der Waals surface area contributed by atoms with Crippen LogP contribution in [0.15, 0.2) is 40.9 Å². The van der Waals surface area contributed by atoms with Crippen molar-refractivity contribution in [1.82, 2.24) is 0 Å². The van der Waals surface area contributed by atoms with Gasteiger partial charge in [0.1, 0.15) is 5.82 Å². The Balaban J connectivity index is 2.29. The highest BCUT2D eigenvalue weighted by Gasteiger charge is 2.13. The topological polar surface area (TPSA) is 12.0 Å². The first-order chi connectivity index (χ1) is 8.99. The fourth-order valence-corrected chi connectivity index (χ4v) is 3.01. The molecule has 3 heteroatoms. The molecule has 1 atom stereocenters. The molecule has 0 fully saturated rings. The molecule has 1 unspecified atom stereocenters. The Hall–Kier alpha value is -1.35. The molecule has 0 aliphatic heterocycles. The first-order valence-electron chi connectivity index (χ1n) is 6.26. The number of halogens is 2. The number of anilines is 1. The van der Waals surface area contributed by atoms with Gasteiger partial charge in [0, 0.05) is 10.0 Å². The Morgan fingerprint density at radius 1 is 1.16 bits per heavy atom. The summed E-state index contributed by atoms with van der Waals surface area (Å²) in [4.78, 5) is 0. The van der Waals surface area contributed by atoms with Crippen molar-refractivity contribution in [3.05, 3.63) is 63.4 Å². The third-order valence-corrected chi connectivity index (χ3v) is 3.79. The molecule has 0 saturated carbocycles. The summed E-state index contributed by atoms with van der Waals surface area (Å²) in [5, 5.41) is 3.38. The monoisotopic (exact) mass is 321 g/mol. The summed E-state index contributed by atoms with van der Waals surface area (Å²) in [6, 6.07) is 10.9. The lowest BCUT2D eigenvalue weighted by molar-refractivity contribution is 0.600. The minimum atomic E-state index is -0.177. The van der Waals surface area contributed by atoms with Crippen LogP contribution in [-0.2, 0) is 0 Å². The first kappa shape index (κ1) is 14.1. The highest BCUT2D eigenvalue weighted by Crippen LogP contribution is 2.31. The molecule has 1 N–H and O–H groups in total. The number of hydrogen-bond donors (Lipinski definition) is 1. The van der Waals surface area contributed by atoms with Crippen LogP contribution in [0.25, 0.3) is 0 Å². The summed E-state index contributed by atoms with van der Waals surface area (Å²) < 4.78 is 14.8. The van der Waals surface area contributed by atoms with Crippen molar-refractivity contribution >= 4 is 21.6 Å². The molecule has 0 radical (unpaired) electrons. The van der Waals surface area contributed by atoms with Crippen molar-refractivity contribution in [3.63, 3.8) is 0 Å². The Labute approximate surface area is 122 Å². The molecule has 19 heavy (non-hydrogen) atoms. The SMILES string of the molecule is Cc1cc(C)c(NC(C)c2ccccc2F)c(Br)c1. The summed E-state index contributed by atoms with van der Waals surface area (Å²) in [7, 11) is 0. The smallest absolute Gasteiger partial charge is 0.128 e. The molecule has 0 aliphatic carbocycles. The number of nitrogens with one attached hydrogen (secondary N) is 1. The van der Waals surface area contributed by atoms with Crippen LogP contribution >= 0.6 is 15.9 Å². The van der Waals surface area contributed by atoms with Gasteiger partial charge in [0.2, 0.25) is 0 Å². The normalized spacial score (nSPS) is 12.3. The van der Waals surface area contributed by atoms with E-state index in [0.29, 0.717) is 5.56 Å². The Morgan fingerprint density at radius 2 is 1.84 bits per heavy atom. The summed E-state index contributed by atoms with van der Waals surface area (Å²) in [6.45, 7) is 6.07. The molecule has 0 spiro atoms. The third-order valence-electron chi connectivity index (χ3n) is 3.16. The fourth-order valence-electron chi connectivity index (χ4n) is 2.22. The minimum absolute atomic E-state index is 0.0843. The fraction of sp³-hybridized carbons (Fsp3) is 0.250. The summed E-state index contributed by atoms with van der Waals surface area (Å²) in [5.74, 6) is -0.177. The Morgan fingerprint density at radius 3 is 2.47 bits per heavy atom. The second kappa shape index (κ2) is 5.74. The number of rotatable bonds is 3. The average molecular weight is 322 g/mol.